The summed E-state index contributed by atoms with van der Waals surface area (Å²) in [6.07, 6.45) is -0.953. The third-order valence-corrected chi connectivity index (χ3v) is 11.8. The minimum absolute atomic E-state index is 0.121. The van der Waals surface area contributed by atoms with Gasteiger partial charge in [0.25, 0.3) is 0 Å². The number of nitrogens with zero attached hydrogens (tertiary/aromatic N) is 4. The first-order valence-electron chi connectivity index (χ1n) is 12.9. The second-order valence-corrected chi connectivity index (χ2v) is 15.3. The standard InChI is InChI=1S/C10H10F3N3S.C10H11IO4.C9H10F3NS/c1-7(17(2)16-6-14)8-3-4-9(15-5-8)10(11,12)13;1-8(12)14-11(15-9(2)13)10-6-4-3-5-7-10;1-6(14-2)7-3-4-8(13-5-7)9(10,11)12/h3-5,7H,1-2H3;3-7H,1-2H3;3-6H,1-2H3. The van der Waals surface area contributed by atoms with Gasteiger partial charge in [0.15, 0.2) is 0 Å². The van der Waals surface area contributed by atoms with Gasteiger partial charge in [-0.3, -0.25) is 9.97 Å². The Hall–Kier alpha value is -3.24. The number of rotatable bonds is 7. The summed E-state index contributed by atoms with van der Waals surface area (Å²) >= 11 is -1.02. The number of thioether (sulfide) groups is 1. The number of carbonyl (C=O) groups is 2. The van der Waals surface area contributed by atoms with Crippen LogP contribution in [-0.2, 0) is 38.8 Å². The van der Waals surface area contributed by atoms with E-state index in [2.05, 4.69) is 14.3 Å². The summed E-state index contributed by atoms with van der Waals surface area (Å²) < 4.78 is 87.7. The quantitative estimate of drug-likeness (QED) is 0.132. The monoisotopic (exact) mass is 804 g/mol. The van der Waals surface area contributed by atoms with Gasteiger partial charge in [-0.25, -0.2) is 0 Å². The SMILES string of the molecule is CC(=O)OI(OC(C)=O)c1ccccc1.CC(c1ccc(C(F)(F)F)nc1)S(C)=NC#N.CSC(C)c1ccc(C(F)(F)F)nc1. The van der Waals surface area contributed by atoms with E-state index < -0.39 is 67.0 Å². The number of halogens is 7. The number of pyridine rings is 2. The van der Waals surface area contributed by atoms with E-state index in [9.17, 15) is 35.9 Å². The Bertz CT molecular complexity index is 1450. The molecule has 46 heavy (non-hydrogen) atoms. The first kappa shape index (κ1) is 40.8. The van der Waals surface area contributed by atoms with Gasteiger partial charge in [-0.1, -0.05) is 22.8 Å². The van der Waals surface area contributed by atoms with E-state index in [-0.39, 0.29) is 10.5 Å². The minimum Gasteiger partial charge on any atom is -0.251 e. The zero-order valence-electron chi connectivity index (χ0n) is 25.4. The molecule has 0 aliphatic carbocycles. The summed E-state index contributed by atoms with van der Waals surface area (Å²) in [5.74, 6) is -0.851. The average Bonchev–Trinajstić information content (AvgIpc) is 3.00. The normalized spacial score (nSPS) is 13.3. The fourth-order valence-corrected chi connectivity index (χ4v) is 6.88. The van der Waals surface area contributed by atoms with Crippen LogP contribution in [0.15, 0.2) is 71.4 Å². The molecule has 3 rings (SSSR count). The van der Waals surface area contributed by atoms with Crippen LogP contribution in [0, 0.1) is 15.0 Å². The Balaban J connectivity index is 0.000000347. The Morgan fingerprint density at radius 1 is 0.870 bits per heavy atom. The molecule has 0 radical (unpaired) electrons. The third kappa shape index (κ3) is 14.9. The van der Waals surface area contributed by atoms with Gasteiger partial charge < -0.3 is 0 Å². The molecule has 2 heterocycles. The molecule has 0 N–H and O–H groups in total. The van der Waals surface area contributed by atoms with Gasteiger partial charge in [0.05, 0.1) is 0 Å². The second-order valence-electron chi connectivity index (χ2n) is 8.83. The van der Waals surface area contributed by atoms with Crippen molar-refractivity contribution in [3.8, 4) is 6.19 Å². The number of nitriles is 1. The molecule has 3 aromatic rings. The zero-order valence-corrected chi connectivity index (χ0v) is 29.2. The number of aromatic nitrogens is 2. The van der Waals surface area contributed by atoms with Gasteiger partial charge in [-0.15, -0.1) is 0 Å². The van der Waals surface area contributed by atoms with Crippen molar-refractivity contribution in [2.24, 2.45) is 4.36 Å². The maximum Gasteiger partial charge on any atom is 0.433 e. The number of alkyl halides is 6. The van der Waals surface area contributed by atoms with Gasteiger partial charge >= 0.3 is 108 Å². The molecule has 3 unspecified atom stereocenters. The van der Waals surface area contributed by atoms with E-state index in [1.54, 1.807) is 43.3 Å². The van der Waals surface area contributed by atoms with E-state index in [0.717, 1.165) is 21.3 Å². The molecule has 8 nitrogen and oxygen atoms in total. The number of hydrogen-bond acceptors (Lipinski definition) is 9. The summed E-state index contributed by atoms with van der Waals surface area (Å²) in [5.41, 5.74) is -0.301. The average molecular weight is 805 g/mol. The van der Waals surface area contributed by atoms with Crippen molar-refractivity contribution in [3.63, 3.8) is 0 Å². The smallest absolute Gasteiger partial charge is 0.251 e. The van der Waals surface area contributed by atoms with E-state index in [1.807, 2.05) is 31.4 Å². The molecule has 0 aliphatic heterocycles. The summed E-state index contributed by atoms with van der Waals surface area (Å²) in [4.78, 5) is 28.4. The summed E-state index contributed by atoms with van der Waals surface area (Å²) in [6.45, 7) is 6.33. The summed E-state index contributed by atoms with van der Waals surface area (Å²) in [7, 11) is -0.551. The molecule has 2 aromatic heterocycles. The van der Waals surface area contributed by atoms with Crippen LogP contribution in [0.1, 0.15) is 60.7 Å². The van der Waals surface area contributed by atoms with Crippen LogP contribution in [-0.4, -0.2) is 34.4 Å². The number of hydrogen-bond donors (Lipinski definition) is 0. The van der Waals surface area contributed by atoms with E-state index in [1.165, 1.54) is 38.4 Å². The maximum atomic E-state index is 12.3. The second kappa shape index (κ2) is 19.4. The van der Waals surface area contributed by atoms with Crippen LogP contribution in [0.4, 0.5) is 26.3 Å². The molecule has 0 aliphatic rings. The van der Waals surface area contributed by atoms with Gasteiger partial charge in [0, 0.05) is 22.9 Å². The molecule has 1 aromatic carbocycles. The molecule has 3 atom stereocenters. The van der Waals surface area contributed by atoms with Crippen LogP contribution in [0.25, 0.3) is 0 Å². The first-order chi connectivity index (χ1) is 21.4. The van der Waals surface area contributed by atoms with Gasteiger partial charge in [-0.2, -0.15) is 47.7 Å². The zero-order chi connectivity index (χ0) is 35.1. The van der Waals surface area contributed by atoms with Crippen LogP contribution < -0.4 is 0 Å². The predicted octanol–water partition coefficient (Wildman–Crippen LogP) is 8.92. The third-order valence-electron chi connectivity index (χ3n) is 5.41. The molecule has 0 amide bonds. The van der Waals surface area contributed by atoms with Gasteiger partial charge in [-0.05, 0) is 49.6 Å². The van der Waals surface area contributed by atoms with Crippen molar-refractivity contribution in [2.45, 2.75) is 50.5 Å². The largest absolute Gasteiger partial charge is 0.433 e. The molecule has 0 spiro atoms. The molecule has 252 valence electrons. The van der Waals surface area contributed by atoms with E-state index >= 15 is 0 Å². The van der Waals surface area contributed by atoms with Crippen molar-refractivity contribution in [2.75, 3.05) is 12.5 Å². The van der Waals surface area contributed by atoms with E-state index in [4.69, 9.17) is 11.4 Å². The summed E-state index contributed by atoms with van der Waals surface area (Å²) in [5, 5.41) is 8.46. The maximum absolute atomic E-state index is 12.3. The van der Waals surface area contributed by atoms with Crippen molar-refractivity contribution in [1.29, 1.82) is 5.26 Å². The molecule has 0 saturated carbocycles. The molecular weight excluding hydrogens is 773 g/mol. The predicted molar refractivity (Wildman–Crippen MR) is 173 cm³/mol. The molecule has 0 saturated heterocycles. The molecular formula is C29H31F6IN4O4S2. The van der Waals surface area contributed by atoms with E-state index in [0.29, 0.717) is 5.56 Å². The van der Waals surface area contributed by atoms with Crippen molar-refractivity contribution >= 4 is 55.0 Å². The Morgan fingerprint density at radius 3 is 1.67 bits per heavy atom. The Morgan fingerprint density at radius 2 is 1.33 bits per heavy atom. The Kier molecular flexibility index (Phi) is 17.2. The number of carbonyl (C=O) groups excluding carboxylic acids is 2. The fourth-order valence-electron chi connectivity index (χ4n) is 2.92. The van der Waals surface area contributed by atoms with Crippen molar-refractivity contribution in [1.82, 2.24) is 9.97 Å². The Labute approximate surface area is 277 Å². The number of benzene rings is 1. The first-order valence-corrected chi connectivity index (χ1v) is 18.7. The molecule has 0 fully saturated rings. The topological polar surface area (TPSA) is 115 Å². The fraction of sp³-hybridized carbons (Fsp3) is 0.345. The van der Waals surface area contributed by atoms with Gasteiger partial charge in [0.1, 0.15) is 11.4 Å². The molecule has 17 heteroatoms. The van der Waals surface area contributed by atoms with Crippen LogP contribution in [0.5, 0.6) is 0 Å². The van der Waals surface area contributed by atoms with Crippen molar-refractivity contribution < 1.29 is 42.1 Å². The minimum atomic E-state index is -4.42. The molecule has 0 bridgehead atoms. The van der Waals surface area contributed by atoms with Crippen LogP contribution >= 0.6 is 32.4 Å². The van der Waals surface area contributed by atoms with Crippen LogP contribution in [0.3, 0.4) is 0 Å². The van der Waals surface area contributed by atoms with Crippen molar-refractivity contribution in [3.05, 3.63) is 93.1 Å². The summed E-state index contributed by atoms with van der Waals surface area (Å²) in [6, 6.07) is 13.8. The van der Waals surface area contributed by atoms with Crippen LogP contribution in [0.2, 0.25) is 0 Å². The van der Waals surface area contributed by atoms with Gasteiger partial charge in [0.2, 0.25) is 6.19 Å².